The number of rotatable bonds is 10. The van der Waals surface area contributed by atoms with Gasteiger partial charge in [0.1, 0.15) is 12.7 Å². The van der Waals surface area contributed by atoms with Gasteiger partial charge in [0.05, 0.1) is 13.7 Å². The molecule has 3 aromatic rings. The molecule has 1 heterocycles. The molecule has 33 heavy (non-hydrogen) atoms. The normalized spacial score (nSPS) is 11.7. The molecule has 0 amide bonds. The van der Waals surface area contributed by atoms with Crippen molar-refractivity contribution in [3.63, 3.8) is 0 Å². The lowest BCUT2D eigenvalue weighted by Crippen LogP contribution is -2.41. The number of hydrogen-bond acceptors (Lipinski definition) is 5. The van der Waals surface area contributed by atoms with Crippen molar-refractivity contribution in [2.75, 3.05) is 20.7 Å². The highest BCUT2D eigenvalue weighted by atomic mass is 127. The van der Waals surface area contributed by atoms with Gasteiger partial charge >= 0.3 is 0 Å². The number of halogens is 1. The number of benzene rings is 2. The Hall–Kier alpha value is -3.01. The van der Waals surface area contributed by atoms with Crippen LogP contribution in [0.4, 0.5) is 0 Å². The Morgan fingerprint density at radius 2 is 1.70 bits per heavy atom. The minimum Gasteiger partial charge on any atom is -0.493 e. The van der Waals surface area contributed by atoms with E-state index in [1.54, 1.807) is 20.4 Å². The molecule has 1 unspecified atom stereocenters. The summed E-state index contributed by atoms with van der Waals surface area (Å²) in [4.78, 5) is 8.67. The number of nitrogens with one attached hydrogen (secondary N) is 2. The summed E-state index contributed by atoms with van der Waals surface area (Å²) in [6.45, 7) is 3.56. The van der Waals surface area contributed by atoms with Crippen LogP contribution in [0.1, 0.15) is 18.1 Å². The van der Waals surface area contributed by atoms with Crippen LogP contribution in [0.15, 0.2) is 77.9 Å². The Bertz CT molecular complexity index is 1000. The number of ether oxygens (including phenoxy) is 3. The van der Waals surface area contributed by atoms with E-state index in [0.717, 1.165) is 11.1 Å². The zero-order chi connectivity index (χ0) is 22.6. The average Bonchev–Trinajstić information content (AvgIpc) is 2.84. The predicted molar refractivity (Wildman–Crippen MR) is 142 cm³/mol. The first-order valence-electron chi connectivity index (χ1n) is 10.5. The van der Waals surface area contributed by atoms with E-state index < -0.39 is 0 Å². The van der Waals surface area contributed by atoms with Gasteiger partial charge in [-0.25, -0.2) is 4.98 Å². The fourth-order valence-electron chi connectivity index (χ4n) is 3.03. The van der Waals surface area contributed by atoms with Crippen molar-refractivity contribution in [1.82, 2.24) is 15.6 Å². The second-order valence-electron chi connectivity index (χ2n) is 7.13. The van der Waals surface area contributed by atoms with E-state index in [2.05, 4.69) is 20.6 Å². The lowest BCUT2D eigenvalue weighted by Gasteiger charge is -2.19. The van der Waals surface area contributed by atoms with Crippen LogP contribution < -0.4 is 24.8 Å². The molecule has 8 heteroatoms. The van der Waals surface area contributed by atoms with E-state index in [1.165, 1.54) is 0 Å². The van der Waals surface area contributed by atoms with Crippen molar-refractivity contribution >= 4 is 29.9 Å². The molecule has 2 aromatic carbocycles. The fraction of sp³-hybridized carbons (Fsp3) is 0.280. The first-order chi connectivity index (χ1) is 15.7. The van der Waals surface area contributed by atoms with Gasteiger partial charge in [-0.15, -0.1) is 24.0 Å². The van der Waals surface area contributed by atoms with Crippen LogP contribution in [0.5, 0.6) is 17.4 Å². The Kier molecular flexibility index (Phi) is 11.3. The van der Waals surface area contributed by atoms with Crippen molar-refractivity contribution < 1.29 is 14.2 Å². The number of hydrogen-bond donors (Lipinski definition) is 2. The minimum atomic E-state index is -0.0898. The van der Waals surface area contributed by atoms with Crippen molar-refractivity contribution in [1.29, 1.82) is 0 Å². The van der Waals surface area contributed by atoms with Crippen molar-refractivity contribution in [3.8, 4) is 17.4 Å². The number of pyridine rings is 1. The van der Waals surface area contributed by atoms with Crippen LogP contribution in [0.25, 0.3) is 0 Å². The van der Waals surface area contributed by atoms with Gasteiger partial charge in [-0.2, -0.15) is 0 Å². The maximum atomic E-state index is 5.99. The van der Waals surface area contributed by atoms with E-state index >= 15 is 0 Å². The first kappa shape index (κ1) is 26.2. The molecule has 1 aromatic heterocycles. The molecule has 0 aliphatic heterocycles. The maximum absolute atomic E-state index is 5.99. The monoisotopic (exact) mass is 562 g/mol. The molecule has 0 spiro atoms. The molecule has 0 radical (unpaired) electrons. The zero-order valence-corrected chi connectivity index (χ0v) is 21.5. The van der Waals surface area contributed by atoms with Gasteiger partial charge in [0.2, 0.25) is 5.88 Å². The second-order valence-corrected chi connectivity index (χ2v) is 7.13. The third-order valence-corrected chi connectivity index (χ3v) is 4.69. The molecule has 176 valence electrons. The summed E-state index contributed by atoms with van der Waals surface area (Å²) in [5.74, 6) is 2.69. The number of nitrogens with zero attached hydrogens (tertiary/aromatic N) is 2. The summed E-state index contributed by atoms with van der Waals surface area (Å²) in [5.41, 5.74) is 2.04. The summed E-state index contributed by atoms with van der Waals surface area (Å²) in [6.07, 6.45) is 1.64. The van der Waals surface area contributed by atoms with Crippen LogP contribution in [-0.4, -0.2) is 37.7 Å². The average molecular weight is 562 g/mol. The Morgan fingerprint density at radius 1 is 0.970 bits per heavy atom. The third-order valence-electron chi connectivity index (χ3n) is 4.69. The molecule has 3 rings (SSSR count). The van der Waals surface area contributed by atoms with Gasteiger partial charge in [0.15, 0.2) is 17.5 Å². The summed E-state index contributed by atoms with van der Waals surface area (Å²) in [7, 11) is 3.37. The molecule has 1 atom stereocenters. The maximum Gasteiger partial charge on any atom is 0.218 e. The number of aliphatic imine (C=N–C) groups is 1. The highest BCUT2D eigenvalue weighted by molar-refractivity contribution is 14.0. The van der Waals surface area contributed by atoms with Crippen LogP contribution >= 0.6 is 24.0 Å². The lowest BCUT2D eigenvalue weighted by atomic mass is 10.2. The highest BCUT2D eigenvalue weighted by Crippen LogP contribution is 2.26. The van der Waals surface area contributed by atoms with Gasteiger partial charge in [-0.3, -0.25) is 4.99 Å². The van der Waals surface area contributed by atoms with Gasteiger partial charge in [0, 0.05) is 25.4 Å². The summed E-state index contributed by atoms with van der Waals surface area (Å²) < 4.78 is 17.3. The fourth-order valence-corrected chi connectivity index (χ4v) is 3.03. The number of para-hydroxylation sites is 2. The molecule has 0 saturated carbocycles. The molecule has 0 bridgehead atoms. The molecular formula is C25H31IN4O3. The largest absolute Gasteiger partial charge is 0.493 e. The molecule has 7 nitrogen and oxygen atoms in total. The second kappa shape index (κ2) is 14.2. The van der Waals surface area contributed by atoms with E-state index in [4.69, 9.17) is 14.2 Å². The van der Waals surface area contributed by atoms with Crippen LogP contribution in [-0.2, 0) is 13.2 Å². The van der Waals surface area contributed by atoms with Crippen molar-refractivity contribution in [2.24, 2.45) is 4.99 Å². The number of aromatic nitrogens is 1. The summed E-state index contributed by atoms with van der Waals surface area (Å²) >= 11 is 0. The van der Waals surface area contributed by atoms with Gasteiger partial charge in [-0.05, 0) is 30.7 Å². The van der Waals surface area contributed by atoms with Crippen LogP contribution in [0.2, 0.25) is 0 Å². The van der Waals surface area contributed by atoms with Crippen molar-refractivity contribution in [2.45, 2.75) is 26.2 Å². The SMILES string of the molecule is CN=C(NCc1cccnc1OCc1ccccc1)NCC(C)Oc1ccccc1OC.I. The summed E-state index contributed by atoms with van der Waals surface area (Å²) in [6, 6.07) is 21.5. The highest BCUT2D eigenvalue weighted by Gasteiger charge is 2.10. The van der Waals surface area contributed by atoms with E-state index in [1.807, 2.05) is 73.7 Å². The van der Waals surface area contributed by atoms with Gasteiger partial charge in [-0.1, -0.05) is 48.5 Å². The number of guanidine groups is 1. The molecule has 0 aliphatic rings. The zero-order valence-electron chi connectivity index (χ0n) is 19.2. The summed E-state index contributed by atoms with van der Waals surface area (Å²) in [5, 5.41) is 6.59. The van der Waals surface area contributed by atoms with E-state index in [-0.39, 0.29) is 30.1 Å². The van der Waals surface area contributed by atoms with Gasteiger partial charge < -0.3 is 24.8 Å². The van der Waals surface area contributed by atoms with E-state index in [0.29, 0.717) is 43.0 Å². The Balaban J connectivity index is 0.00000385. The smallest absolute Gasteiger partial charge is 0.218 e. The predicted octanol–water partition coefficient (Wildman–Crippen LogP) is 4.42. The quantitative estimate of drug-likeness (QED) is 0.217. The molecule has 0 aliphatic carbocycles. The molecule has 0 saturated heterocycles. The minimum absolute atomic E-state index is 0. The molecule has 2 N–H and O–H groups in total. The van der Waals surface area contributed by atoms with E-state index in [9.17, 15) is 0 Å². The van der Waals surface area contributed by atoms with Gasteiger partial charge in [0.25, 0.3) is 0 Å². The number of methoxy groups -OCH3 is 1. The molecule has 0 fully saturated rings. The standard InChI is InChI=1S/C25H30N4O3.HI/c1-19(32-23-14-8-7-13-22(23)30-3)16-28-25(26-2)29-17-21-12-9-15-27-24(21)31-18-20-10-5-4-6-11-20;/h4-15,19H,16-18H2,1-3H3,(H2,26,28,29);1H. The third kappa shape index (κ3) is 8.45. The van der Waals surface area contributed by atoms with Crippen LogP contribution in [0.3, 0.4) is 0 Å². The topological polar surface area (TPSA) is 77.0 Å². The van der Waals surface area contributed by atoms with Crippen LogP contribution in [0, 0.1) is 0 Å². The Labute approximate surface area is 212 Å². The van der Waals surface area contributed by atoms with Crippen molar-refractivity contribution in [3.05, 3.63) is 84.1 Å². The first-order valence-corrected chi connectivity index (χ1v) is 10.5. The lowest BCUT2D eigenvalue weighted by molar-refractivity contribution is 0.213. The Morgan fingerprint density at radius 3 is 2.42 bits per heavy atom. The molecular weight excluding hydrogens is 531 g/mol.